The van der Waals surface area contributed by atoms with E-state index in [1.807, 2.05) is 0 Å². The zero-order valence-corrected chi connectivity index (χ0v) is 26.6. The summed E-state index contributed by atoms with van der Waals surface area (Å²) in [4.78, 5) is 8.04. The van der Waals surface area contributed by atoms with E-state index >= 15 is 0 Å². The number of anilines is 1. The van der Waals surface area contributed by atoms with E-state index in [-0.39, 0.29) is 40.4 Å². The summed E-state index contributed by atoms with van der Waals surface area (Å²) in [7, 11) is -0.332. The number of para-hydroxylation sites is 1. The Labute approximate surface area is 259 Å². The average molecular weight is 653 g/mol. The number of nitrogens with one attached hydrogen (secondary N) is 1. The first kappa shape index (κ1) is 35.2. The third kappa shape index (κ3) is 7.34. The SMILES string of the molecule is C=NC(=NC=C(C)C)[C@@H](OC)[C@H](C)S(=O)(=O)Nc1nnc(-c2cccc([C@](C)(O)C(F)(F)F)c2)n1-c1c(OC)cccc1OC. The Morgan fingerprint density at radius 2 is 1.69 bits per heavy atom. The molecule has 0 spiro atoms. The van der Waals surface area contributed by atoms with E-state index in [1.54, 1.807) is 32.0 Å². The molecule has 0 aliphatic carbocycles. The third-order valence-corrected chi connectivity index (χ3v) is 8.49. The van der Waals surface area contributed by atoms with Gasteiger partial charge in [0.25, 0.3) is 0 Å². The van der Waals surface area contributed by atoms with Crippen molar-refractivity contribution < 1.29 is 40.9 Å². The number of hydrogen-bond donors (Lipinski definition) is 2. The Kier molecular flexibility index (Phi) is 10.8. The normalized spacial score (nSPS) is 15.0. The van der Waals surface area contributed by atoms with Gasteiger partial charge in [0.15, 0.2) is 17.3 Å². The van der Waals surface area contributed by atoms with Gasteiger partial charge in [-0.3, -0.25) is 9.29 Å². The number of rotatable bonds is 12. The molecule has 0 bridgehead atoms. The number of halogens is 3. The van der Waals surface area contributed by atoms with E-state index in [1.165, 1.54) is 51.2 Å². The molecule has 1 heterocycles. The molecule has 244 valence electrons. The van der Waals surface area contributed by atoms with Gasteiger partial charge in [0.05, 0.1) is 14.2 Å². The van der Waals surface area contributed by atoms with Crippen molar-refractivity contribution in [2.24, 2.45) is 9.98 Å². The monoisotopic (exact) mass is 652 g/mol. The topological polar surface area (TPSA) is 150 Å². The van der Waals surface area contributed by atoms with Crippen molar-refractivity contribution in [3.63, 3.8) is 0 Å². The van der Waals surface area contributed by atoms with E-state index < -0.39 is 38.7 Å². The van der Waals surface area contributed by atoms with Crippen molar-refractivity contribution in [3.05, 3.63) is 59.8 Å². The molecule has 3 aromatic rings. The maximum Gasteiger partial charge on any atom is 0.421 e. The Hall–Kier alpha value is -4.28. The number of alkyl halides is 3. The molecule has 0 fully saturated rings. The van der Waals surface area contributed by atoms with Crippen LogP contribution >= 0.6 is 0 Å². The minimum Gasteiger partial charge on any atom is -0.494 e. The van der Waals surface area contributed by atoms with Crippen LogP contribution in [0.5, 0.6) is 11.5 Å². The molecular weight excluding hydrogens is 617 g/mol. The number of aliphatic hydroxyl groups is 1. The van der Waals surface area contributed by atoms with Gasteiger partial charge in [0.2, 0.25) is 16.0 Å². The van der Waals surface area contributed by atoms with Crippen LogP contribution in [0.25, 0.3) is 17.1 Å². The van der Waals surface area contributed by atoms with E-state index in [2.05, 4.69) is 31.6 Å². The zero-order valence-electron chi connectivity index (χ0n) is 25.7. The summed E-state index contributed by atoms with van der Waals surface area (Å²) in [5, 5.41) is 17.2. The van der Waals surface area contributed by atoms with Gasteiger partial charge in [-0.25, -0.2) is 18.4 Å². The van der Waals surface area contributed by atoms with Crippen molar-refractivity contribution in [1.82, 2.24) is 14.8 Å². The summed E-state index contributed by atoms with van der Waals surface area (Å²) >= 11 is 0. The zero-order chi connectivity index (χ0) is 33.7. The molecule has 1 aromatic heterocycles. The Morgan fingerprint density at radius 1 is 1.09 bits per heavy atom. The van der Waals surface area contributed by atoms with E-state index in [0.717, 1.165) is 17.7 Å². The van der Waals surface area contributed by atoms with Crippen molar-refractivity contribution >= 4 is 28.5 Å². The number of sulfonamides is 1. The molecule has 3 atom stereocenters. The third-order valence-electron chi connectivity index (χ3n) is 6.80. The molecule has 0 aliphatic rings. The van der Waals surface area contributed by atoms with Gasteiger partial charge in [0.1, 0.15) is 28.5 Å². The Bertz CT molecular complexity index is 1680. The number of aliphatic imine (C=N–C) groups is 2. The second-order valence-electron chi connectivity index (χ2n) is 10.2. The first-order valence-corrected chi connectivity index (χ1v) is 14.9. The summed E-state index contributed by atoms with van der Waals surface area (Å²) in [6.07, 6.45) is -4.66. The quantitative estimate of drug-likeness (QED) is 0.208. The molecule has 3 rings (SSSR count). The highest BCUT2D eigenvalue weighted by Gasteiger charge is 2.51. The fourth-order valence-corrected chi connectivity index (χ4v) is 5.35. The molecule has 2 aromatic carbocycles. The number of amidine groups is 1. The highest BCUT2D eigenvalue weighted by molar-refractivity contribution is 7.93. The summed E-state index contributed by atoms with van der Waals surface area (Å²) < 4.78 is 88.8. The molecule has 0 amide bonds. The average Bonchev–Trinajstić information content (AvgIpc) is 3.39. The van der Waals surface area contributed by atoms with Crippen molar-refractivity contribution in [2.75, 3.05) is 26.1 Å². The number of benzene rings is 2. The second kappa shape index (κ2) is 13.8. The largest absolute Gasteiger partial charge is 0.494 e. The van der Waals surface area contributed by atoms with Crippen LogP contribution in [0.4, 0.5) is 19.1 Å². The predicted octanol–water partition coefficient (Wildman–Crippen LogP) is 4.89. The van der Waals surface area contributed by atoms with E-state index in [4.69, 9.17) is 14.2 Å². The smallest absolute Gasteiger partial charge is 0.421 e. The number of allylic oxidation sites excluding steroid dienone is 1. The first-order valence-electron chi connectivity index (χ1n) is 13.3. The highest BCUT2D eigenvalue weighted by atomic mass is 32.2. The predicted molar refractivity (Wildman–Crippen MR) is 165 cm³/mol. The van der Waals surface area contributed by atoms with Crippen molar-refractivity contribution in [3.8, 4) is 28.6 Å². The molecule has 16 heteroatoms. The number of nitrogens with zero attached hydrogens (tertiary/aromatic N) is 5. The molecule has 0 radical (unpaired) electrons. The lowest BCUT2D eigenvalue weighted by Gasteiger charge is -2.27. The van der Waals surface area contributed by atoms with Crippen molar-refractivity contribution in [1.29, 1.82) is 0 Å². The summed E-state index contributed by atoms with van der Waals surface area (Å²) in [5.41, 5.74) is -2.64. The van der Waals surface area contributed by atoms with Gasteiger partial charge < -0.3 is 19.3 Å². The van der Waals surface area contributed by atoms with Crippen LogP contribution in [0.3, 0.4) is 0 Å². The van der Waals surface area contributed by atoms with Gasteiger partial charge in [-0.15, -0.1) is 10.2 Å². The Morgan fingerprint density at radius 3 is 2.20 bits per heavy atom. The molecule has 0 saturated heterocycles. The second-order valence-corrected chi connectivity index (χ2v) is 12.2. The maximum absolute atomic E-state index is 13.8. The number of hydrogen-bond acceptors (Lipinski definition) is 9. The molecule has 2 N–H and O–H groups in total. The summed E-state index contributed by atoms with van der Waals surface area (Å²) in [5.74, 6) is -0.0338. The molecule has 45 heavy (non-hydrogen) atoms. The molecule has 0 unspecified atom stereocenters. The van der Waals surface area contributed by atoms with Crippen LogP contribution in [0.15, 0.2) is 64.2 Å². The summed E-state index contributed by atoms with van der Waals surface area (Å²) in [6, 6.07) is 9.68. The number of aromatic nitrogens is 3. The molecule has 0 saturated carbocycles. The fourth-order valence-electron chi connectivity index (χ4n) is 4.22. The van der Waals surface area contributed by atoms with Crippen LogP contribution in [-0.2, 0) is 20.4 Å². The maximum atomic E-state index is 13.8. The van der Waals surface area contributed by atoms with Crippen LogP contribution in [0.2, 0.25) is 0 Å². The van der Waals surface area contributed by atoms with Crippen LogP contribution in [-0.4, -0.2) is 79.7 Å². The van der Waals surface area contributed by atoms with Gasteiger partial charge >= 0.3 is 6.18 Å². The lowest BCUT2D eigenvalue weighted by atomic mass is 9.93. The van der Waals surface area contributed by atoms with Gasteiger partial charge in [-0.2, -0.15) is 13.2 Å². The van der Waals surface area contributed by atoms with Gasteiger partial charge in [-0.1, -0.05) is 29.8 Å². The highest BCUT2D eigenvalue weighted by Crippen LogP contribution is 2.41. The molecular formula is C29H35F3N6O6S. The minimum absolute atomic E-state index is 0.0126. The first-order chi connectivity index (χ1) is 21.0. The minimum atomic E-state index is -4.99. The van der Waals surface area contributed by atoms with Crippen LogP contribution < -0.4 is 14.2 Å². The summed E-state index contributed by atoms with van der Waals surface area (Å²) in [6.45, 7) is 9.06. The van der Waals surface area contributed by atoms with Crippen molar-refractivity contribution in [2.45, 2.75) is 50.8 Å². The lowest BCUT2D eigenvalue weighted by molar-refractivity contribution is -0.258. The van der Waals surface area contributed by atoms with E-state index in [0.29, 0.717) is 6.92 Å². The number of ether oxygens (including phenoxy) is 3. The van der Waals surface area contributed by atoms with Gasteiger partial charge in [-0.05, 0) is 58.2 Å². The lowest BCUT2D eigenvalue weighted by Crippen LogP contribution is -2.41. The Balaban J connectivity index is 2.27. The standard InChI is InChI=1S/C29H35F3N6O6S/c1-17(2)16-34-25(33-5)24(44-8)18(3)45(40,41)37-27-36-35-26(38(27)23-21(42-6)13-10-14-22(23)43-7)19-11-9-12-20(15-19)28(4,39)29(30,31)32/h9-16,18,24,39H,5H2,1-4,6-8H3,(H,36,37)/t18-,24-,28-/m0/s1. The van der Waals surface area contributed by atoms with E-state index in [9.17, 15) is 26.7 Å². The van der Waals surface area contributed by atoms with Gasteiger partial charge in [0, 0.05) is 18.9 Å². The fraction of sp³-hybridized carbons (Fsp3) is 0.379. The van der Waals surface area contributed by atoms with Crippen LogP contribution in [0, 0.1) is 0 Å². The van der Waals surface area contributed by atoms with Crippen LogP contribution in [0.1, 0.15) is 33.3 Å². The molecule has 12 nitrogen and oxygen atoms in total. The molecule has 0 aliphatic heterocycles. The number of methoxy groups -OCH3 is 3.